The van der Waals surface area contributed by atoms with Crippen LogP contribution >= 0.6 is 69.6 Å². The standard InChI is InChI=1S/C88H121Cl6N9O15S3/c1-7-101(119(107,108)73-27-14-20-65(50-73)79-59-97(4)62-82-76(79)53-68(89)56-85(82)92)35-41-116-47-44-113-38-17-25-71(104)23-10-12-32-100(33-13-11-24-72(105)26-18-39-114-45-48-117-42-36-102(8-2)120(109,110)74-28-15-21-66(51-74)80-60-98(5)63-83-77(80)54-69(90)57-86(83)93)34-19-30-95-88(106)96-31-40-115-46-49-118-43-37-103(9-3)121(111,112)75-29-16-22-67(52-75)81-61-99(6)64-84-78(81)55-70(91)58-87(84)94/h14-16,20-22,27-29,50-58,79-81H,7-13,17-19,23-26,30-49,59-64H2,1-6H3,(H2,95,96,106)/t79-,80-,81-/m0/s1. The van der Waals surface area contributed by atoms with Crippen molar-refractivity contribution in [3.63, 3.8) is 0 Å². The number of urea groups is 1. The normalized spacial score (nSPS) is 16.1. The molecule has 2 N–H and O–H groups in total. The third-order valence-electron chi connectivity index (χ3n) is 22.1. The van der Waals surface area contributed by atoms with Crippen molar-refractivity contribution < 1.29 is 68.1 Å². The molecule has 3 atom stereocenters. The molecule has 0 aromatic heterocycles. The van der Waals surface area contributed by atoms with Gasteiger partial charge in [0.15, 0.2) is 0 Å². The van der Waals surface area contributed by atoms with Crippen LogP contribution in [0, 0.1) is 0 Å². The summed E-state index contributed by atoms with van der Waals surface area (Å²) in [5, 5.41) is 9.15. The summed E-state index contributed by atoms with van der Waals surface area (Å²) < 4.78 is 123. The maximum atomic E-state index is 14.0. The second-order valence-corrected chi connectivity index (χ2v) is 39.4. The molecule has 3 heterocycles. The zero-order valence-electron chi connectivity index (χ0n) is 70.7. The van der Waals surface area contributed by atoms with Crippen molar-refractivity contribution in [2.45, 2.75) is 143 Å². The number of ether oxygens (including phenoxy) is 6. The first-order valence-corrected chi connectivity index (χ1v) is 48.7. The van der Waals surface area contributed by atoms with E-state index in [1.54, 1.807) is 93.6 Å². The summed E-state index contributed by atoms with van der Waals surface area (Å²) in [6.45, 7) is 16.7. The van der Waals surface area contributed by atoms with Crippen molar-refractivity contribution in [2.24, 2.45) is 0 Å². The van der Waals surface area contributed by atoms with E-state index < -0.39 is 30.1 Å². The maximum Gasteiger partial charge on any atom is 0.314 e. The molecule has 0 fully saturated rings. The average Bonchev–Trinajstić information content (AvgIpc) is 0.778. The van der Waals surface area contributed by atoms with E-state index in [2.05, 4.69) is 30.2 Å². The Balaban J connectivity index is 0.638. The number of halogens is 6. The van der Waals surface area contributed by atoms with Gasteiger partial charge in [-0.1, -0.05) is 127 Å². The molecule has 121 heavy (non-hydrogen) atoms. The number of nitrogens with one attached hydrogen (secondary N) is 2. The van der Waals surface area contributed by atoms with Crippen molar-refractivity contribution in [1.82, 2.24) is 43.1 Å². The fourth-order valence-electron chi connectivity index (χ4n) is 15.8. The molecule has 0 bridgehead atoms. The van der Waals surface area contributed by atoms with E-state index in [0.717, 1.165) is 76.0 Å². The van der Waals surface area contributed by atoms with Crippen molar-refractivity contribution in [3.8, 4) is 0 Å². The fraction of sp³-hybridized carbons (Fsp3) is 0.557. The van der Waals surface area contributed by atoms with Crippen LogP contribution in [0.1, 0.15) is 159 Å². The van der Waals surface area contributed by atoms with Gasteiger partial charge in [-0.3, -0.25) is 9.59 Å². The van der Waals surface area contributed by atoms with Crippen LogP contribution in [0.5, 0.6) is 0 Å². The number of hydrogen-bond acceptors (Lipinski definition) is 19. The highest BCUT2D eigenvalue weighted by Gasteiger charge is 2.34. The first-order chi connectivity index (χ1) is 58.1. The van der Waals surface area contributed by atoms with Gasteiger partial charge in [0.2, 0.25) is 30.1 Å². The Labute approximate surface area is 747 Å². The van der Waals surface area contributed by atoms with Gasteiger partial charge in [0.05, 0.1) is 80.8 Å². The van der Waals surface area contributed by atoms with E-state index >= 15 is 0 Å². The molecule has 0 saturated heterocycles. The second kappa shape index (κ2) is 50.5. The van der Waals surface area contributed by atoms with E-state index in [0.29, 0.717) is 167 Å². The van der Waals surface area contributed by atoms with Crippen LogP contribution in [-0.4, -0.2) is 267 Å². The lowest BCUT2D eigenvalue weighted by Crippen LogP contribution is -2.39. The van der Waals surface area contributed by atoms with Crippen LogP contribution in [-0.2, 0) is 87.7 Å². The Morgan fingerprint density at radius 2 is 0.678 bits per heavy atom. The summed E-state index contributed by atoms with van der Waals surface area (Å²) in [5.41, 5.74) is 8.53. The van der Waals surface area contributed by atoms with E-state index in [1.165, 1.54) is 12.9 Å². The van der Waals surface area contributed by atoms with Gasteiger partial charge < -0.3 is 58.7 Å². The minimum Gasteiger partial charge on any atom is -0.379 e. The van der Waals surface area contributed by atoms with E-state index in [4.69, 9.17) is 98.0 Å². The lowest BCUT2D eigenvalue weighted by molar-refractivity contribution is -0.120. The smallest absolute Gasteiger partial charge is 0.314 e. The number of unbranched alkanes of at least 4 members (excludes halogenated alkanes) is 2. The lowest BCUT2D eigenvalue weighted by Gasteiger charge is -2.33. The Morgan fingerprint density at radius 1 is 0.372 bits per heavy atom. The summed E-state index contributed by atoms with van der Waals surface area (Å²) in [5.74, 6) is -0.0339. The summed E-state index contributed by atoms with van der Waals surface area (Å²) in [7, 11) is -5.49. The molecular weight excluding hydrogens is 1730 g/mol. The van der Waals surface area contributed by atoms with Gasteiger partial charge in [-0.15, -0.1) is 0 Å². The van der Waals surface area contributed by atoms with Crippen LogP contribution in [0.15, 0.2) is 124 Å². The van der Waals surface area contributed by atoms with Crippen molar-refractivity contribution in [1.29, 1.82) is 0 Å². The number of benzene rings is 6. The number of ketones is 2. The van der Waals surface area contributed by atoms with E-state index in [9.17, 15) is 39.6 Å². The van der Waals surface area contributed by atoms with Crippen molar-refractivity contribution >= 4 is 117 Å². The summed E-state index contributed by atoms with van der Waals surface area (Å²) >= 11 is 39.2. The highest BCUT2D eigenvalue weighted by atomic mass is 35.5. The monoisotopic (exact) mass is 1850 g/mol. The zero-order valence-corrected chi connectivity index (χ0v) is 77.6. The Kier molecular flexibility index (Phi) is 41.7. The Bertz CT molecular complexity index is 4240. The van der Waals surface area contributed by atoms with Crippen LogP contribution in [0.3, 0.4) is 0 Å². The van der Waals surface area contributed by atoms with Gasteiger partial charge in [0.25, 0.3) is 0 Å². The highest BCUT2D eigenvalue weighted by Crippen LogP contribution is 2.43. The van der Waals surface area contributed by atoms with Crippen molar-refractivity contribution in [3.05, 3.63) is 189 Å². The maximum absolute atomic E-state index is 14.0. The molecule has 24 nitrogen and oxygen atoms in total. The molecule has 9 rings (SSSR count). The predicted molar refractivity (Wildman–Crippen MR) is 480 cm³/mol. The first-order valence-electron chi connectivity index (χ1n) is 42.1. The quantitative estimate of drug-likeness (QED) is 0.0336. The Morgan fingerprint density at radius 3 is 1.02 bits per heavy atom. The Hall–Kier alpha value is -5.00. The molecule has 2 amide bonds. The SMILES string of the molecule is CCN(CCOCCOCCCC(=O)CCCCN(CCCCC(=O)CCCOCCOCCN(CC)S(=O)(=O)c1cccc([C@@H]2CN(C)Cc3c(Cl)cc(Cl)cc32)c1)CCCNC(=O)NCCOCCOCCN(CC)S(=O)(=O)c1cccc([C@@H]2CN(C)Cc3c(Cl)cc(Cl)cc32)c1)S(=O)(=O)c1cccc([C@@H]2CN(C)Cc3c(Cl)cc(Cl)cc32)c1. The molecule has 6 aromatic rings. The number of Topliss-reactive ketones (excluding diaryl/α,β-unsaturated/α-hetero) is 2. The highest BCUT2D eigenvalue weighted by molar-refractivity contribution is 7.89. The summed E-state index contributed by atoms with van der Waals surface area (Å²) in [4.78, 5) is 48.3. The lowest BCUT2D eigenvalue weighted by atomic mass is 9.85. The van der Waals surface area contributed by atoms with E-state index in [1.807, 2.05) is 57.5 Å². The van der Waals surface area contributed by atoms with Crippen LogP contribution in [0.25, 0.3) is 0 Å². The molecule has 33 heteroatoms. The molecule has 0 radical (unpaired) electrons. The van der Waals surface area contributed by atoms with Gasteiger partial charge >= 0.3 is 6.03 Å². The molecule has 0 aliphatic carbocycles. The molecule has 0 saturated carbocycles. The number of sulfonamides is 3. The predicted octanol–water partition coefficient (Wildman–Crippen LogP) is 14.9. The number of carbonyl (C=O) groups excluding carboxylic acids is 3. The molecule has 0 unspecified atom stereocenters. The number of rotatable bonds is 55. The second-order valence-electron chi connectivity index (χ2n) is 31.1. The number of amides is 2. The molecule has 3 aliphatic rings. The fourth-order valence-corrected chi connectivity index (χ4v) is 21.9. The minimum absolute atomic E-state index is 0.113. The number of carbonyl (C=O) groups is 3. The van der Waals surface area contributed by atoms with E-state index in [-0.39, 0.29) is 149 Å². The first kappa shape index (κ1) is 99.8. The number of likely N-dealkylation sites (N-methyl/N-ethyl adjacent to an activating group) is 6. The van der Waals surface area contributed by atoms with Crippen LogP contribution < -0.4 is 10.6 Å². The molecule has 668 valence electrons. The van der Waals surface area contributed by atoms with Gasteiger partial charge in [-0.05, 0) is 209 Å². The topological polar surface area (TPSA) is 256 Å². The summed E-state index contributed by atoms with van der Waals surface area (Å²) in [6.07, 6.45) is 6.44. The largest absolute Gasteiger partial charge is 0.379 e. The molecular formula is C88H121Cl6N9O15S3. The third kappa shape index (κ3) is 30.3. The third-order valence-corrected chi connectivity index (χ3v) is 29.7. The molecule has 0 spiro atoms. The number of fused-ring (bicyclic) bond motifs is 3. The number of hydrogen-bond donors (Lipinski definition) is 2. The molecule has 6 aromatic carbocycles. The van der Waals surface area contributed by atoms with Crippen molar-refractivity contribution in [2.75, 3.05) is 192 Å². The zero-order chi connectivity index (χ0) is 87.1. The number of nitrogens with zero attached hydrogens (tertiary/aromatic N) is 7. The van der Waals surface area contributed by atoms with Gasteiger partial charge in [0.1, 0.15) is 11.6 Å². The van der Waals surface area contributed by atoms with Crippen LogP contribution in [0.4, 0.5) is 4.79 Å². The average molecular weight is 1850 g/mol. The minimum atomic E-state index is -3.85. The van der Waals surface area contributed by atoms with Gasteiger partial charge in [-0.2, -0.15) is 12.9 Å². The molecule has 3 aliphatic heterocycles. The van der Waals surface area contributed by atoms with Gasteiger partial charge in [0, 0.05) is 178 Å². The van der Waals surface area contributed by atoms with Crippen LogP contribution in [0.2, 0.25) is 30.1 Å². The summed E-state index contributed by atoms with van der Waals surface area (Å²) in [6, 6.07) is 31.9. The van der Waals surface area contributed by atoms with Gasteiger partial charge in [-0.25, -0.2) is 30.0 Å².